The molecule has 0 fully saturated rings. The lowest BCUT2D eigenvalue weighted by molar-refractivity contribution is -0.133. The number of ether oxygens (including phenoxy) is 1. The Morgan fingerprint density at radius 2 is 2.03 bits per heavy atom. The minimum Gasteiger partial charge on any atom is -0.478 e. The molecule has 0 saturated carbocycles. The molecule has 0 aliphatic heterocycles. The molecule has 1 aromatic carbocycles. The second-order valence-corrected chi connectivity index (χ2v) is 8.69. The van der Waals surface area contributed by atoms with Crippen molar-refractivity contribution in [1.82, 2.24) is 10.6 Å². The van der Waals surface area contributed by atoms with Gasteiger partial charge in [0.15, 0.2) is 0 Å². The van der Waals surface area contributed by atoms with E-state index in [0.717, 1.165) is 18.4 Å². The Morgan fingerprint density at radius 3 is 2.70 bits per heavy atom. The number of fused-ring (bicyclic) bond motifs is 1. The first-order valence-corrected chi connectivity index (χ1v) is 11.3. The first kappa shape index (κ1) is 22.5. The van der Waals surface area contributed by atoms with Gasteiger partial charge in [0.2, 0.25) is 5.91 Å². The summed E-state index contributed by atoms with van der Waals surface area (Å²) >= 11 is 1.71. The van der Waals surface area contributed by atoms with Crippen LogP contribution in [0.15, 0.2) is 41.3 Å². The van der Waals surface area contributed by atoms with Gasteiger partial charge in [-0.05, 0) is 59.9 Å². The van der Waals surface area contributed by atoms with Crippen molar-refractivity contribution in [3.8, 4) is 0 Å². The number of carbonyl (C=O) groups is 2. The van der Waals surface area contributed by atoms with Gasteiger partial charge in [0, 0.05) is 29.8 Å². The summed E-state index contributed by atoms with van der Waals surface area (Å²) in [4.78, 5) is 23.7. The number of thiophene rings is 1. The third-order valence-corrected chi connectivity index (χ3v) is 6.48. The highest BCUT2D eigenvalue weighted by Crippen LogP contribution is 2.26. The second-order valence-electron chi connectivity index (χ2n) is 7.75. The highest BCUT2D eigenvalue weighted by atomic mass is 32.1. The summed E-state index contributed by atoms with van der Waals surface area (Å²) in [6.45, 7) is 6.15. The number of amides is 1. The van der Waals surface area contributed by atoms with Crippen molar-refractivity contribution >= 4 is 33.3 Å². The molecule has 0 spiro atoms. The maximum Gasteiger partial charge on any atom is 0.331 e. The molecule has 1 amide bonds. The average molecular weight is 431 g/mol. The van der Waals surface area contributed by atoms with Gasteiger partial charge in [-0.15, -0.1) is 11.3 Å². The molecule has 162 valence electrons. The lowest BCUT2D eigenvalue weighted by Crippen LogP contribution is -2.58. The van der Waals surface area contributed by atoms with Crippen LogP contribution in [-0.4, -0.2) is 41.3 Å². The van der Waals surface area contributed by atoms with Gasteiger partial charge in [-0.2, -0.15) is 0 Å². The summed E-state index contributed by atoms with van der Waals surface area (Å²) in [6, 6.07) is 7.83. The van der Waals surface area contributed by atoms with E-state index in [2.05, 4.69) is 40.3 Å². The molecule has 0 bridgehead atoms. The Balaban J connectivity index is 1.82. The standard InChI is InChI=1S/C23H30N2O4S/c1-4-18(5-2)29-20-12-17(23(27)28)11-19(22(20)25-14(3)26)24-13-15-6-7-21-16(10-15)8-9-30-21/h6-10,12,18-20,22,24H,4-5,11,13H2,1-3H3,(H,25,26)(H,27,28)/t19-,20+,22+/m0/s1. The first-order chi connectivity index (χ1) is 14.4. The van der Waals surface area contributed by atoms with Crippen molar-refractivity contribution in [2.75, 3.05) is 0 Å². The summed E-state index contributed by atoms with van der Waals surface area (Å²) in [5, 5.41) is 19.4. The number of carboxylic acids is 1. The van der Waals surface area contributed by atoms with Crippen LogP contribution in [0.2, 0.25) is 0 Å². The molecule has 3 rings (SSSR count). The van der Waals surface area contributed by atoms with Gasteiger partial charge in [-0.25, -0.2) is 4.79 Å². The maximum atomic E-state index is 11.9. The molecule has 2 aromatic rings. The van der Waals surface area contributed by atoms with Crippen LogP contribution in [0.3, 0.4) is 0 Å². The van der Waals surface area contributed by atoms with E-state index in [9.17, 15) is 14.7 Å². The number of rotatable bonds is 9. The molecule has 0 radical (unpaired) electrons. The fourth-order valence-corrected chi connectivity index (χ4v) is 4.71. The summed E-state index contributed by atoms with van der Waals surface area (Å²) in [5.41, 5.74) is 1.43. The zero-order chi connectivity index (χ0) is 21.7. The number of hydrogen-bond donors (Lipinski definition) is 3. The topological polar surface area (TPSA) is 87.7 Å². The number of benzene rings is 1. The Kier molecular flexibility index (Phi) is 7.64. The Bertz CT molecular complexity index is 919. The molecule has 7 heteroatoms. The molecular formula is C23H30N2O4S. The van der Waals surface area contributed by atoms with Crippen LogP contribution < -0.4 is 10.6 Å². The van der Waals surface area contributed by atoms with Crippen LogP contribution >= 0.6 is 11.3 Å². The largest absolute Gasteiger partial charge is 0.478 e. The molecule has 1 aromatic heterocycles. The minimum absolute atomic E-state index is 0.0114. The molecule has 6 nitrogen and oxygen atoms in total. The van der Waals surface area contributed by atoms with Gasteiger partial charge in [0.05, 0.1) is 18.2 Å². The quantitative estimate of drug-likeness (QED) is 0.562. The number of carboxylic acid groups (broad SMARTS) is 1. The van der Waals surface area contributed by atoms with E-state index in [0.29, 0.717) is 18.5 Å². The monoisotopic (exact) mass is 430 g/mol. The second kappa shape index (κ2) is 10.2. The van der Waals surface area contributed by atoms with Crippen LogP contribution in [0.4, 0.5) is 0 Å². The average Bonchev–Trinajstić information content (AvgIpc) is 3.19. The lowest BCUT2D eigenvalue weighted by Gasteiger charge is -2.38. The molecular weight excluding hydrogens is 400 g/mol. The van der Waals surface area contributed by atoms with Crippen molar-refractivity contribution in [2.45, 2.75) is 70.9 Å². The van der Waals surface area contributed by atoms with E-state index in [1.54, 1.807) is 17.4 Å². The molecule has 1 aliphatic carbocycles. The number of nitrogens with one attached hydrogen (secondary N) is 2. The Hall–Kier alpha value is -2.22. The van der Waals surface area contributed by atoms with E-state index in [4.69, 9.17) is 4.74 Å². The van der Waals surface area contributed by atoms with Crippen molar-refractivity contribution in [2.24, 2.45) is 0 Å². The normalized spacial score (nSPS) is 21.6. The van der Waals surface area contributed by atoms with Crippen LogP contribution in [0.5, 0.6) is 0 Å². The first-order valence-electron chi connectivity index (χ1n) is 10.5. The van der Waals surface area contributed by atoms with Gasteiger partial charge in [-0.3, -0.25) is 4.79 Å². The van der Waals surface area contributed by atoms with Gasteiger partial charge in [0.1, 0.15) is 0 Å². The SMILES string of the molecule is CCC(CC)O[C@@H]1C=C(C(=O)O)C[C@H](NCc2ccc3sccc3c2)[C@H]1NC(C)=O. The molecule has 0 saturated heterocycles. The van der Waals surface area contributed by atoms with E-state index in [-0.39, 0.29) is 24.1 Å². The van der Waals surface area contributed by atoms with Crippen LogP contribution in [0.1, 0.15) is 45.6 Å². The molecule has 0 unspecified atom stereocenters. The number of aliphatic carboxylic acids is 1. The predicted octanol–water partition coefficient (Wildman–Crippen LogP) is 3.85. The zero-order valence-electron chi connectivity index (χ0n) is 17.7. The van der Waals surface area contributed by atoms with Gasteiger partial charge in [-0.1, -0.05) is 19.9 Å². The third kappa shape index (κ3) is 5.47. The third-order valence-electron chi connectivity index (χ3n) is 5.58. The Morgan fingerprint density at radius 1 is 1.27 bits per heavy atom. The van der Waals surface area contributed by atoms with Crippen molar-refractivity contribution in [1.29, 1.82) is 0 Å². The van der Waals surface area contributed by atoms with E-state index >= 15 is 0 Å². The predicted molar refractivity (Wildman–Crippen MR) is 120 cm³/mol. The smallest absolute Gasteiger partial charge is 0.331 e. The minimum atomic E-state index is -0.944. The zero-order valence-corrected chi connectivity index (χ0v) is 18.5. The Labute approximate surface area is 181 Å². The van der Waals surface area contributed by atoms with Gasteiger partial charge >= 0.3 is 5.97 Å². The molecule has 30 heavy (non-hydrogen) atoms. The van der Waals surface area contributed by atoms with Crippen molar-refractivity contribution < 1.29 is 19.4 Å². The van der Waals surface area contributed by atoms with Gasteiger partial charge in [0.25, 0.3) is 0 Å². The lowest BCUT2D eigenvalue weighted by atomic mass is 9.87. The van der Waals surface area contributed by atoms with E-state index < -0.39 is 12.1 Å². The molecule has 3 N–H and O–H groups in total. The molecule has 1 aliphatic rings. The summed E-state index contributed by atoms with van der Waals surface area (Å²) in [6.07, 6.45) is 3.16. The maximum absolute atomic E-state index is 11.9. The molecule has 1 heterocycles. The molecule has 3 atom stereocenters. The van der Waals surface area contributed by atoms with Gasteiger partial charge < -0.3 is 20.5 Å². The highest BCUT2D eigenvalue weighted by Gasteiger charge is 2.37. The van der Waals surface area contributed by atoms with Crippen molar-refractivity contribution in [3.05, 3.63) is 46.9 Å². The highest BCUT2D eigenvalue weighted by molar-refractivity contribution is 7.17. The fraction of sp³-hybridized carbons (Fsp3) is 0.478. The summed E-state index contributed by atoms with van der Waals surface area (Å²) in [5.74, 6) is -1.10. The van der Waals surface area contributed by atoms with Crippen molar-refractivity contribution in [3.63, 3.8) is 0 Å². The van der Waals surface area contributed by atoms with E-state index in [1.165, 1.54) is 17.0 Å². The summed E-state index contributed by atoms with van der Waals surface area (Å²) < 4.78 is 7.46. The van der Waals surface area contributed by atoms with Crippen LogP contribution in [-0.2, 0) is 20.9 Å². The van der Waals surface area contributed by atoms with E-state index in [1.807, 2.05) is 13.8 Å². The summed E-state index contributed by atoms with van der Waals surface area (Å²) in [7, 11) is 0. The number of hydrogen-bond acceptors (Lipinski definition) is 5. The van der Waals surface area contributed by atoms with Crippen LogP contribution in [0.25, 0.3) is 10.1 Å². The number of carbonyl (C=O) groups excluding carboxylic acids is 1. The fourth-order valence-electron chi connectivity index (χ4n) is 3.94. The van der Waals surface area contributed by atoms with Crippen LogP contribution in [0, 0.1) is 0 Å².